The minimum absolute atomic E-state index is 0.0265. The lowest BCUT2D eigenvalue weighted by atomic mass is 10.0. The van der Waals surface area contributed by atoms with Crippen LogP contribution in [0.25, 0.3) is 11.1 Å². The van der Waals surface area contributed by atoms with Crippen molar-refractivity contribution < 1.29 is 17.6 Å². The molecule has 8 nitrogen and oxygen atoms in total. The first kappa shape index (κ1) is 19.9. The molecule has 1 aromatic carbocycles. The van der Waals surface area contributed by atoms with Gasteiger partial charge in [0.05, 0.1) is 17.0 Å². The number of halogens is 1. The van der Waals surface area contributed by atoms with E-state index in [1.54, 1.807) is 25.4 Å². The molecule has 154 valence electrons. The van der Waals surface area contributed by atoms with Crippen LogP contribution in [-0.2, 0) is 17.1 Å². The maximum absolute atomic E-state index is 13.2. The van der Waals surface area contributed by atoms with Crippen LogP contribution in [0.15, 0.2) is 50.6 Å². The van der Waals surface area contributed by atoms with Gasteiger partial charge in [0.25, 0.3) is 0 Å². The Morgan fingerprint density at radius 2 is 2.17 bits per heavy atom. The molecule has 10 heteroatoms. The molecule has 0 aliphatic carbocycles. The van der Waals surface area contributed by atoms with Gasteiger partial charge in [0, 0.05) is 32.3 Å². The summed E-state index contributed by atoms with van der Waals surface area (Å²) in [4.78, 5) is 15.9. The molecule has 1 saturated heterocycles. The Morgan fingerprint density at radius 3 is 2.97 bits per heavy atom. The average Bonchev–Trinajstić information content (AvgIpc) is 3.01. The number of benzene rings is 1. The normalized spacial score (nSPS) is 18.2. The molecule has 3 aromatic rings. The van der Waals surface area contributed by atoms with Gasteiger partial charge in [-0.05, 0) is 43.2 Å². The summed E-state index contributed by atoms with van der Waals surface area (Å²) in [6.07, 6.45) is 3.18. The number of hydrogen-bond donors (Lipinski definition) is 0. The molecule has 0 bridgehead atoms. The number of oxazole rings is 1. The van der Waals surface area contributed by atoms with Gasteiger partial charge < -0.3 is 9.15 Å². The van der Waals surface area contributed by atoms with E-state index in [2.05, 4.69) is 4.98 Å². The van der Waals surface area contributed by atoms with Gasteiger partial charge in [-0.1, -0.05) is 11.6 Å². The Morgan fingerprint density at radius 1 is 1.34 bits per heavy atom. The number of sulfonamides is 1. The van der Waals surface area contributed by atoms with E-state index < -0.39 is 15.8 Å². The van der Waals surface area contributed by atoms with Crippen LogP contribution in [0, 0.1) is 5.92 Å². The number of ether oxygens (including phenoxy) is 1. The molecule has 1 atom stereocenters. The van der Waals surface area contributed by atoms with E-state index in [0.717, 1.165) is 12.8 Å². The van der Waals surface area contributed by atoms with E-state index in [9.17, 15) is 13.2 Å². The van der Waals surface area contributed by atoms with Gasteiger partial charge in [0.2, 0.25) is 15.9 Å². The number of fused-ring (bicyclic) bond motifs is 1. The summed E-state index contributed by atoms with van der Waals surface area (Å²) in [5.74, 6) is -0.156. The second kappa shape index (κ2) is 7.81. The maximum atomic E-state index is 13.2. The minimum atomic E-state index is -3.71. The summed E-state index contributed by atoms with van der Waals surface area (Å²) >= 11 is 6.06. The maximum Gasteiger partial charge on any atom is 0.419 e. The first-order valence-corrected chi connectivity index (χ1v) is 11.0. The molecule has 1 fully saturated rings. The van der Waals surface area contributed by atoms with Crippen LogP contribution in [0.4, 0.5) is 0 Å². The predicted octanol–water partition coefficient (Wildman–Crippen LogP) is 2.66. The van der Waals surface area contributed by atoms with Crippen molar-refractivity contribution in [1.29, 1.82) is 0 Å². The summed E-state index contributed by atoms with van der Waals surface area (Å²) in [7, 11) is -2.16. The third-order valence-corrected chi connectivity index (χ3v) is 7.21. The second-order valence-corrected chi connectivity index (χ2v) is 9.37. The van der Waals surface area contributed by atoms with Crippen LogP contribution in [0.3, 0.4) is 0 Å². The van der Waals surface area contributed by atoms with Gasteiger partial charge in [0.1, 0.15) is 5.02 Å². The molecule has 29 heavy (non-hydrogen) atoms. The fourth-order valence-electron chi connectivity index (χ4n) is 3.47. The highest BCUT2D eigenvalue weighted by Gasteiger charge is 2.31. The fourth-order valence-corrected chi connectivity index (χ4v) is 5.22. The number of aromatic nitrogens is 2. The molecule has 0 amide bonds. The Kier molecular flexibility index (Phi) is 5.37. The van der Waals surface area contributed by atoms with Gasteiger partial charge in [-0.15, -0.1) is 0 Å². The second-order valence-electron chi connectivity index (χ2n) is 7.03. The lowest BCUT2D eigenvalue weighted by Gasteiger charge is -2.31. The molecule has 0 radical (unpaired) electrons. The summed E-state index contributed by atoms with van der Waals surface area (Å²) in [6, 6.07) is 7.87. The van der Waals surface area contributed by atoms with Crippen LogP contribution < -0.4 is 10.5 Å². The largest absolute Gasteiger partial charge is 0.476 e. The van der Waals surface area contributed by atoms with Crippen LogP contribution >= 0.6 is 11.6 Å². The van der Waals surface area contributed by atoms with Crippen molar-refractivity contribution in [3.05, 3.63) is 52.1 Å². The van der Waals surface area contributed by atoms with E-state index in [-0.39, 0.29) is 10.8 Å². The van der Waals surface area contributed by atoms with Crippen LogP contribution in [0.2, 0.25) is 5.02 Å². The highest BCUT2D eigenvalue weighted by molar-refractivity contribution is 7.89. The van der Waals surface area contributed by atoms with Crippen molar-refractivity contribution in [3.8, 4) is 5.88 Å². The molecule has 0 N–H and O–H groups in total. The standard InChI is InChI=1S/C19H20ClN3O5S/c1-22-16-10-14(6-7-17(16)28-19(22)24)29(25,26)23-9-3-4-13(11-23)12-27-18-15(20)5-2-8-21-18/h2,5-8,10,13H,3-4,9,11-12H2,1H3. The van der Waals surface area contributed by atoms with Crippen LogP contribution in [-0.4, -0.2) is 42.0 Å². The summed E-state index contributed by atoms with van der Waals surface area (Å²) in [5, 5.41) is 0.423. The number of nitrogens with zero attached hydrogens (tertiary/aromatic N) is 3. The van der Waals surface area contributed by atoms with E-state index in [1.807, 2.05) is 0 Å². The molecule has 1 aliphatic rings. The first-order valence-electron chi connectivity index (χ1n) is 9.19. The Bertz CT molecular complexity index is 1200. The Balaban J connectivity index is 1.52. The van der Waals surface area contributed by atoms with Gasteiger partial charge in [-0.3, -0.25) is 4.57 Å². The monoisotopic (exact) mass is 437 g/mol. The molecule has 1 aliphatic heterocycles. The van der Waals surface area contributed by atoms with Crippen molar-refractivity contribution >= 4 is 32.7 Å². The molecule has 1 unspecified atom stereocenters. The zero-order valence-corrected chi connectivity index (χ0v) is 17.3. The highest BCUT2D eigenvalue weighted by atomic mass is 35.5. The summed E-state index contributed by atoms with van der Waals surface area (Å²) < 4.78 is 39.8. The Hall–Kier alpha value is -2.36. The Labute approximate surface area is 172 Å². The van der Waals surface area contributed by atoms with Crippen molar-refractivity contribution in [1.82, 2.24) is 13.9 Å². The van der Waals surface area contributed by atoms with E-state index >= 15 is 0 Å². The lowest BCUT2D eigenvalue weighted by molar-refractivity contribution is 0.176. The van der Waals surface area contributed by atoms with Gasteiger partial charge in [0.15, 0.2) is 5.58 Å². The molecular formula is C19H20ClN3O5S. The topological polar surface area (TPSA) is 94.6 Å². The van der Waals surface area contributed by atoms with Crippen molar-refractivity contribution in [2.75, 3.05) is 19.7 Å². The quantitative estimate of drug-likeness (QED) is 0.609. The third kappa shape index (κ3) is 3.90. The summed E-state index contributed by atoms with van der Waals surface area (Å²) in [5.41, 5.74) is 0.798. The zero-order valence-electron chi connectivity index (χ0n) is 15.7. The fraction of sp³-hybridized carbons (Fsp3) is 0.368. The number of aryl methyl sites for hydroxylation is 1. The SMILES string of the molecule is Cn1c(=O)oc2ccc(S(=O)(=O)N3CCCC(COc4ncccc4Cl)C3)cc21. The molecule has 3 heterocycles. The van der Waals surface area contributed by atoms with Crippen LogP contribution in [0.5, 0.6) is 5.88 Å². The van der Waals surface area contributed by atoms with Crippen LogP contribution in [0.1, 0.15) is 12.8 Å². The smallest absolute Gasteiger partial charge is 0.419 e. The first-order chi connectivity index (χ1) is 13.9. The van der Waals surface area contributed by atoms with E-state index in [0.29, 0.717) is 41.7 Å². The lowest BCUT2D eigenvalue weighted by Crippen LogP contribution is -2.41. The minimum Gasteiger partial charge on any atom is -0.476 e. The highest BCUT2D eigenvalue weighted by Crippen LogP contribution is 2.27. The summed E-state index contributed by atoms with van der Waals surface area (Å²) in [6.45, 7) is 1.11. The number of rotatable bonds is 5. The predicted molar refractivity (Wildman–Crippen MR) is 108 cm³/mol. The van der Waals surface area contributed by atoms with Gasteiger partial charge in [-0.25, -0.2) is 18.2 Å². The third-order valence-electron chi connectivity index (χ3n) is 5.06. The molecule has 0 spiro atoms. The zero-order chi connectivity index (χ0) is 20.6. The van der Waals surface area contributed by atoms with Crippen molar-refractivity contribution in [2.45, 2.75) is 17.7 Å². The van der Waals surface area contributed by atoms with E-state index in [1.165, 1.54) is 27.1 Å². The molecule has 0 saturated carbocycles. The number of piperidine rings is 1. The number of hydrogen-bond acceptors (Lipinski definition) is 6. The van der Waals surface area contributed by atoms with Gasteiger partial charge in [-0.2, -0.15) is 4.31 Å². The number of pyridine rings is 1. The van der Waals surface area contributed by atoms with Gasteiger partial charge >= 0.3 is 5.76 Å². The van der Waals surface area contributed by atoms with Crippen molar-refractivity contribution in [3.63, 3.8) is 0 Å². The molecular weight excluding hydrogens is 418 g/mol. The van der Waals surface area contributed by atoms with Crippen molar-refractivity contribution in [2.24, 2.45) is 13.0 Å². The van der Waals surface area contributed by atoms with E-state index in [4.69, 9.17) is 20.8 Å². The average molecular weight is 438 g/mol. The molecule has 2 aromatic heterocycles. The molecule has 4 rings (SSSR count).